The topological polar surface area (TPSA) is 38.0 Å². The third-order valence-electron chi connectivity index (χ3n) is 3.16. The third kappa shape index (κ3) is 4.41. The van der Waals surface area contributed by atoms with Gasteiger partial charge in [0.25, 0.3) is 0 Å². The van der Waals surface area contributed by atoms with Gasteiger partial charge in [-0.05, 0) is 51.5 Å². The molecule has 0 aliphatic heterocycles. The smallest absolute Gasteiger partial charge is 0.397 e. The molecule has 3 N–H and O–H groups in total. The van der Waals surface area contributed by atoms with E-state index in [2.05, 4.69) is 5.32 Å². The van der Waals surface area contributed by atoms with Crippen LogP contribution in [-0.4, -0.2) is 0 Å². The van der Waals surface area contributed by atoms with E-state index in [0.29, 0.717) is 17.1 Å². The van der Waals surface area contributed by atoms with Crippen molar-refractivity contribution in [1.82, 2.24) is 0 Å². The number of allylic oxidation sites excluding steroid dienone is 4. The molecular weight excluding hydrogens is 289 g/mol. The van der Waals surface area contributed by atoms with Crippen molar-refractivity contribution < 1.29 is 13.2 Å². The summed E-state index contributed by atoms with van der Waals surface area (Å²) in [6, 6.07) is 4.06. The fourth-order valence-electron chi connectivity index (χ4n) is 1.98. The molecule has 0 spiro atoms. The van der Waals surface area contributed by atoms with Crippen LogP contribution >= 0.6 is 0 Å². The van der Waals surface area contributed by atoms with Crippen LogP contribution in [0.15, 0.2) is 53.4 Å². The molecule has 0 aliphatic carbocycles. The molecule has 0 aromatic heterocycles. The number of benzene rings is 1. The first-order valence-corrected chi connectivity index (χ1v) is 6.88. The number of anilines is 1. The van der Waals surface area contributed by atoms with Crippen molar-refractivity contribution in [1.29, 1.82) is 0 Å². The van der Waals surface area contributed by atoms with Crippen molar-refractivity contribution in [2.45, 2.75) is 33.9 Å². The number of halogens is 3. The van der Waals surface area contributed by atoms with Crippen molar-refractivity contribution in [3.63, 3.8) is 0 Å². The maximum atomic E-state index is 13.0. The van der Waals surface area contributed by atoms with E-state index in [1.54, 1.807) is 18.2 Å². The van der Waals surface area contributed by atoms with Gasteiger partial charge in [-0.1, -0.05) is 23.8 Å². The molecule has 0 aliphatic rings. The highest BCUT2D eigenvalue weighted by atomic mass is 19.4. The molecule has 2 nitrogen and oxygen atoms in total. The van der Waals surface area contributed by atoms with E-state index in [0.717, 1.165) is 11.6 Å². The average Bonchev–Trinajstić information content (AvgIpc) is 2.41. The molecule has 0 unspecified atom stereocenters. The normalized spacial score (nSPS) is 12.6. The zero-order valence-corrected chi connectivity index (χ0v) is 13.2. The molecule has 1 rings (SSSR count). The van der Waals surface area contributed by atoms with Gasteiger partial charge in [-0.3, -0.25) is 0 Å². The van der Waals surface area contributed by atoms with Crippen LogP contribution in [0.5, 0.6) is 0 Å². The number of hydrogen-bond donors (Lipinski definition) is 2. The number of rotatable bonds is 4. The summed E-state index contributed by atoms with van der Waals surface area (Å²) in [4.78, 5) is 0. The van der Waals surface area contributed by atoms with Crippen molar-refractivity contribution >= 4 is 5.69 Å². The zero-order chi connectivity index (χ0) is 16.9. The summed E-state index contributed by atoms with van der Waals surface area (Å²) in [6.07, 6.45) is 0.932. The first kappa shape index (κ1) is 17.9. The number of nitrogens with one attached hydrogen (secondary N) is 1. The number of alkyl halides is 3. The molecule has 0 amide bonds. The fourth-order valence-corrected chi connectivity index (χ4v) is 1.98. The fraction of sp³-hybridized carbons (Fsp3) is 0.294. The molecule has 0 atom stereocenters. The van der Waals surface area contributed by atoms with E-state index in [4.69, 9.17) is 5.73 Å². The molecule has 0 saturated carbocycles. The molecule has 0 radical (unpaired) electrons. The first-order valence-electron chi connectivity index (χ1n) is 6.88. The van der Waals surface area contributed by atoms with Crippen LogP contribution in [0.4, 0.5) is 18.9 Å². The average molecular weight is 310 g/mol. The molecule has 5 heteroatoms. The first-order chi connectivity index (χ1) is 10.2. The molecule has 0 bridgehead atoms. The summed E-state index contributed by atoms with van der Waals surface area (Å²) in [5.74, 6) is 0. The van der Waals surface area contributed by atoms with Crippen LogP contribution in [-0.2, 0) is 6.18 Å². The van der Waals surface area contributed by atoms with Crippen molar-refractivity contribution in [3.8, 4) is 0 Å². The zero-order valence-electron chi connectivity index (χ0n) is 13.2. The van der Waals surface area contributed by atoms with Gasteiger partial charge in [-0.15, -0.1) is 0 Å². The largest absolute Gasteiger partial charge is 0.416 e. The Balaban J connectivity index is 3.26. The Labute approximate surface area is 129 Å². The third-order valence-corrected chi connectivity index (χ3v) is 3.16. The molecule has 1 aromatic carbocycles. The molecule has 22 heavy (non-hydrogen) atoms. The van der Waals surface area contributed by atoms with E-state index in [-0.39, 0.29) is 5.56 Å². The Bertz CT molecular complexity index is 619. The van der Waals surface area contributed by atoms with Crippen molar-refractivity contribution in [2.75, 3.05) is 5.32 Å². The number of hydrogen-bond acceptors (Lipinski definition) is 2. The van der Waals surface area contributed by atoms with Crippen LogP contribution < -0.4 is 11.1 Å². The van der Waals surface area contributed by atoms with E-state index in [9.17, 15) is 13.2 Å². The van der Waals surface area contributed by atoms with Gasteiger partial charge in [-0.25, -0.2) is 0 Å². The highest BCUT2D eigenvalue weighted by Crippen LogP contribution is 2.35. The van der Waals surface area contributed by atoms with Gasteiger partial charge in [0.1, 0.15) is 0 Å². The minimum absolute atomic E-state index is 0.146. The Kier molecular flexibility index (Phi) is 5.85. The number of nitrogens with two attached hydrogens (primary N) is 1. The summed E-state index contributed by atoms with van der Waals surface area (Å²) in [5.41, 5.74) is 7.84. The Morgan fingerprint density at radius 1 is 1.23 bits per heavy atom. The summed E-state index contributed by atoms with van der Waals surface area (Å²) in [7, 11) is 0. The maximum Gasteiger partial charge on any atom is 0.416 e. The molecular formula is C17H21F3N2. The lowest BCUT2D eigenvalue weighted by atomic mass is 10.1. The lowest BCUT2D eigenvalue weighted by Crippen LogP contribution is -2.14. The molecule has 0 saturated heterocycles. The summed E-state index contributed by atoms with van der Waals surface area (Å²) in [6.45, 7) is 7.00. The van der Waals surface area contributed by atoms with Gasteiger partial charge in [0.15, 0.2) is 0 Å². The van der Waals surface area contributed by atoms with Gasteiger partial charge in [0, 0.05) is 5.69 Å². The highest BCUT2D eigenvalue weighted by molar-refractivity contribution is 5.61. The van der Waals surface area contributed by atoms with Gasteiger partial charge < -0.3 is 11.1 Å². The molecule has 120 valence electrons. The lowest BCUT2D eigenvalue weighted by Gasteiger charge is -2.18. The summed E-state index contributed by atoms with van der Waals surface area (Å²) >= 11 is 0. The maximum absolute atomic E-state index is 13.0. The SMILES string of the molecule is C/C=C\C=C(\N)C(Nc1cccc(C(F)(F)F)c1C)=C(C)C. The van der Waals surface area contributed by atoms with Gasteiger partial charge >= 0.3 is 6.18 Å². The Hall–Kier alpha value is -2.17. The van der Waals surface area contributed by atoms with Crippen LogP contribution in [0.2, 0.25) is 0 Å². The standard InChI is InChI=1S/C17H21F3N2/c1-5-6-9-14(21)16(11(2)3)22-15-10-7-8-13(12(15)4)17(18,19)20/h5-10,22H,21H2,1-4H3/b6-5-,14-9+. The predicted octanol–water partition coefficient (Wildman–Crippen LogP) is 5.14. The van der Waals surface area contributed by atoms with Crippen LogP contribution in [0.25, 0.3) is 0 Å². The summed E-state index contributed by atoms with van der Waals surface area (Å²) < 4.78 is 38.9. The molecule has 0 heterocycles. The monoisotopic (exact) mass is 310 g/mol. The van der Waals surface area contributed by atoms with Gasteiger partial charge in [0.05, 0.1) is 17.0 Å². The second-order valence-corrected chi connectivity index (χ2v) is 5.12. The lowest BCUT2D eigenvalue weighted by molar-refractivity contribution is -0.138. The Morgan fingerprint density at radius 3 is 2.36 bits per heavy atom. The minimum atomic E-state index is -4.38. The van der Waals surface area contributed by atoms with Crippen LogP contribution in [0, 0.1) is 6.92 Å². The van der Waals surface area contributed by atoms with Crippen LogP contribution in [0.1, 0.15) is 31.9 Å². The van der Waals surface area contributed by atoms with E-state index in [1.807, 2.05) is 26.8 Å². The highest BCUT2D eigenvalue weighted by Gasteiger charge is 2.32. The van der Waals surface area contributed by atoms with Gasteiger partial charge in [-0.2, -0.15) is 13.2 Å². The van der Waals surface area contributed by atoms with E-state index in [1.165, 1.54) is 13.0 Å². The predicted molar refractivity (Wildman–Crippen MR) is 85.3 cm³/mol. The van der Waals surface area contributed by atoms with Crippen molar-refractivity contribution in [3.05, 3.63) is 64.5 Å². The summed E-state index contributed by atoms with van der Waals surface area (Å²) in [5, 5.41) is 3.02. The quantitative estimate of drug-likeness (QED) is 0.756. The van der Waals surface area contributed by atoms with E-state index >= 15 is 0 Å². The second-order valence-electron chi connectivity index (χ2n) is 5.12. The van der Waals surface area contributed by atoms with Gasteiger partial charge in [0.2, 0.25) is 0 Å². The van der Waals surface area contributed by atoms with Crippen molar-refractivity contribution in [2.24, 2.45) is 5.73 Å². The molecule has 0 fully saturated rings. The van der Waals surface area contributed by atoms with E-state index < -0.39 is 11.7 Å². The minimum Gasteiger partial charge on any atom is -0.397 e. The molecule has 1 aromatic rings. The Morgan fingerprint density at radius 2 is 1.86 bits per heavy atom. The second kappa shape index (κ2) is 7.20. The van der Waals surface area contributed by atoms with Crippen LogP contribution in [0.3, 0.4) is 0 Å².